The van der Waals surface area contributed by atoms with Crippen molar-refractivity contribution in [1.82, 2.24) is 10.6 Å². The average Bonchev–Trinajstić information content (AvgIpc) is 2.73. The van der Waals surface area contributed by atoms with E-state index in [4.69, 9.17) is 14.2 Å². The van der Waals surface area contributed by atoms with Crippen LogP contribution in [0.2, 0.25) is 0 Å². The summed E-state index contributed by atoms with van der Waals surface area (Å²) in [5, 5.41) is 5.24. The molecule has 0 spiro atoms. The molecular weight excluding hydrogens is 360 g/mol. The molecule has 2 aromatic carbocycles. The first-order valence-corrected chi connectivity index (χ1v) is 8.97. The van der Waals surface area contributed by atoms with Crippen LogP contribution in [0.3, 0.4) is 0 Å². The molecule has 0 aliphatic heterocycles. The molecule has 0 bridgehead atoms. The van der Waals surface area contributed by atoms with Crippen molar-refractivity contribution < 1.29 is 23.8 Å². The second-order valence-corrected chi connectivity index (χ2v) is 6.01. The van der Waals surface area contributed by atoms with E-state index >= 15 is 0 Å². The van der Waals surface area contributed by atoms with Crippen molar-refractivity contribution in [3.63, 3.8) is 0 Å². The van der Waals surface area contributed by atoms with Crippen molar-refractivity contribution in [1.29, 1.82) is 0 Å². The molecule has 2 aromatic rings. The first kappa shape index (κ1) is 21.1. The number of carbonyl (C=O) groups is 2. The molecule has 2 amide bonds. The van der Waals surface area contributed by atoms with Crippen molar-refractivity contribution in [2.75, 3.05) is 34.4 Å². The fraction of sp³-hybridized carbons (Fsp3) is 0.333. The minimum absolute atomic E-state index is 0.342. The molecule has 2 N–H and O–H groups in total. The molecule has 28 heavy (non-hydrogen) atoms. The van der Waals surface area contributed by atoms with E-state index in [1.807, 2.05) is 36.4 Å². The van der Waals surface area contributed by atoms with Crippen molar-refractivity contribution in [3.05, 3.63) is 53.6 Å². The molecule has 0 saturated carbocycles. The quantitative estimate of drug-likeness (QED) is 0.641. The topological polar surface area (TPSA) is 85.9 Å². The Balaban J connectivity index is 1.74. The number of nitrogens with one attached hydrogen (secondary N) is 2. The van der Waals surface area contributed by atoms with Gasteiger partial charge in [-0.2, -0.15) is 0 Å². The summed E-state index contributed by atoms with van der Waals surface area (Å²) in [6.45, 7) is 0.691. The van der Waals surface area contributed by atoms with E-state index in [1.165, 1.54) is 0 Å². The van der Waals surface area contributed by atoms with Crippen LogP contribution < -0.4 is 24.8 Å². The highest BCUT2D eigenvalue weighted by Gasteiger charge is 2.13. The molecule has 0 aromatic heterocycles. The number of rotatable bonds is 9. The van der Waals surface area contributed by atoms with Gasteiger partial charge in [0.25, 0.3) is 0 Å². The Morgan fingerprint density at radius 1 is 0.750 bits per heavy atom. The van der Waals surface area contributed by atoms with Gasteiger partial charge in [0, 0.05) is 13.1 Å². The minimum Gasteiger partial charge on any atom is -0.496 e. The average molecular weight is 386 g/mol. The lowest BCUT2D eigenvalue weighted by Crippen LogP contribution is -2.41. The maximum atomic E-state index is 11.9. The number of hydrogen-bond acceptors (Lipinski definition) is 5. The zero-order valence-electron chi connectivity index (χ0n) is 16.4. The van der Waals surface area contributed by atoms with Crippen LogP contribution in [0.15, 0.2) is 42.5 Å². The molecule has 0 fully saturated rings. The first-order valence-electron chi connectivity index (χ1n) is 8.97. The van der Waals surface area contributed by atoms with E-state index in [9.17, 15) is 9.59 Å². The van der Waals surface area contributed by atoms with Gasteiger partial charge in [0.05, 0.1) is 21.3 Å². The Labute approximate surface area is 165 Å². The minimum atomic E-state index is -0.652. The van der Waals surface area contributed by atoms with Gasteiger partial charge >= 0.3 is 11.8 Å². The summed E-state index contributed by atoms with van der Waals surface area (Å²) < 4.78 is 15.7. The lowest BCUT2D eigenvalue weighted by molar-refractivity contribution is -0.139. The van der Waals surface area contributed by atoms with Crippen LogP contribution in [0.4, 0.5) is 0 Å². The standard InChI is InChI=1S/C21H26N2O5/c1-26-17-7-5-4-6-16(17)11-13-23-21(25)20(24)22-12-10-15-8-9-18(27-2)19(14-15)28-3/h4-9,14H,10-13H2,1-3H3,(H,22,24)(H,23,25). The Bertz CT molecular complexity index is 807. The molecule has 0 aliphatic carbocycles. The maximum absolute atomic E-state index is 11.9. The molecule has 150 valence electrons. The van der Waals surface area contributed by atoms with Gasteiger partial charge in [-0.3, -0.25) is 9.59 Å². The number of methoxy groups -OCH3 is 3. The third kappa shape index (κ3) is 5.90. The summed E-state index contributed by atoms with van der Waals surface area (Å²) >= 11 is 0. The predicted octanol–water partition coefficient (Wildman–Crippen LogP) is 1.73. The molecule has 0 atom stereocenters. The number of ether oxygens (including phenoxy) is 3. The van der Waals surface area contributed by atoms with E-state index in [0.717, 1.165) is 16.9 Å². The van der Waals surface area contributed by atoms with E-state index in [-0.39, 0.29) is 0 Å². The third-order valence-corrected chi connectivity index (χ3v) is 4.23. The van der Waals surface area contributed by atoms with Gasteiger partial charge < -0.3 is 24.8 Å². The van der Waals surface area contributed by atoms with E-state index < -0.39 is 11.8 Å². The van der Waals surface area contributed by atoms with E-state index in [2.05, 4.69) is 10.6 Å². The summed E-state index contributed by atoms with van der Waals surface area (Å²) in [7, 11) is 4.74. The predicted molar refractivity (Wildman–Crippen MR) is 106 cm³/mol. The smallest absolute Gasteiger partial charge is 0.309 e. The molecule has 7 heteroatoms. The molecule has 7 nitrogen and oxygen atoms in total. The third-order valence-electron chi connectivity index (χ3n) is 4.23. The highest BCUT2D eigenvalue weighted by atomic mass is 16.5. The molecular formula is C21H26N2O5. The van der Waals surface area contributed by atoms with Gasteiger partial charge in [-0.25, -0.2) is 0 Å². The van der Waals surface area contributed by atoms with Crippen LogP contribution in [-0.2, 0) is 22.4 Å². The Morgan fingerprint density at radius 2 is 1.36 bits per heavy atom. The summed E-state index contributed by atoms with van der Waals surface area (Å²) in [5.41, 5.74) is 1.94. The number of carbonyl (C=O) groups excluding carboxylic acids is 2. The second kappa shape index (κ2) is 10.8. The Hall–Kier alpha value is -3.22. The van der Waals surface area contributed by atoms with Crippen LogP contribution in [-0.4, -0.2) is 46.2 Å². The summed E-state index contributed by atoms with van der Waals surface area (Å²) in [4.78, 5) is 23.9. The van der Waals surface area contributed by atoms with Crippen LogP contribution in [0.25, 0.3) is 0 Å². The van der Waals surface area contributed by atoms with Gasteiger partial charge in [0.2, 0.25) is 0 Å². The normalized spacial score (nSPS) is 10.1. The molecule has 0 unspecified atom stereocenters. The van der Waals surface area contributed by atoms with Gasteiger partial charge in [-0.15, -0.1) is 0 Å². The van der Waals surface area contributed by atoms with Gasteiger partial charge in [0.15, 0.2) is 11.5 Å². The lowest BCUT2D eigenvalue weighted by atomic mass is 10.1. The monoisotopic (exact) mass is 386 g/mol. The molecule has 0 saturated heterocycles. The van der Waals surface area contributed by atoms with E-state index in [0.29, 0.717) is 37.4 Å². The summed E-state index contributed by atoms with van der Waals surface area (Å²) in [6, 6.07) is 13.1. The highest BCUT2D eigenvalue weighted by molar-refractivity contribution is 6.35. The summed E-state index contributed by atoms with van der Waals surface area (Å²) in [5.74, 6) is 0.726. The van der Waals surface area contributed by atoms with Crippen molar-refractivity contribution in [2.45, 2.75) is 12.8 Å². The van der Waals surface area contributed by atoms with Crippen LogP contribution in [0.5, 0.6) is 17.2 Å². The molecule has 0 heterocycles. The van der Waals surface area contributed by atoms with Crippen molar-refractivity contribution >= 4 is 11.8 Å². The van der Waals surface area contributed by atoms with Crippen molar-refractivity contribution in [2.24, 2.45) is 0 Å². The van der Waals surface area contributed by atoms with Gasteiger partial charge in [-0.05, 0) is 42.2 Å². The largest absolute Gasteiger partial charge is 0.496 e. The SMILES string of the molecule is COc1ccccc1CCNC(=O)C(=O)NCCc1ccc(OC)c(OC)c1. The fourth-order valence-corrected chi connectivity index (χ4v) is 2.74. The van der Waals surface area contributed by atoms with Gasteiger partial charge in [-0.1, -0.05) is 24.3 Å². The molecule has 0 aliphatic rings. The molecule has 2 rings (SSSR count). The molecule has 0 radical (unpaired) electrons. The number of amides is 2. The summed E-state index contributed by atoms with van der Waals surface area (Å²) in [6.07, 6.45) is 1.15. The van der Waals surface area contributed by atoms with Crippen LogP contribution in [0.1, 0.15) is 11.1 Å². The van der Waals surface area contributed by atoms with Crippen LogP contribution >= 0.6 is 0 Å². The van der Waals surface area contributed by atoms with E-state index in [1.54, 1.807) is 27.4 Å². The zero-order chi connectivity index (χ0) is 20.4. The van der Waals surface area contributed by atoms with Gasteiger partial charge in [0.1, 0.15) is 5.75 Å². The first-order chi connectivity index (χ1) is 13.6. The lowest BCUT2D eigenvalue weighted by Gasteiger charge is -2.10. The Morgan fingerprint density at radius 3 is 2.00 bits per heavy atom. The zero-order valence-corrected chi connectivity index (χ0v) is 16.4. The van der Waals surface area contributed by atoms with Crippen LogP contribution in [0, 0.1) is 0 Å². The number of para-hydroxylation sites is 1. The maximum Gasteiger partial charge on any atom is 0.309 e. The number of hydrogen-bond donors (Lipinski definition) is 2. The highest BCUT2D eigenvalue weighted by Crippen LogP contribution is 2.27. The fourth-order valence-electron chi connectivity index (χ4n) is 2.74. The Kier molecular flexibility index (Phi) is 8.14. The second-order valence-electron chi connectivity index (χ2n) is 6.01. The van der Waals surface area contributed by atoms with Crippen molar-refractivity contribution in [3.8, 4) is 17.2 Å². The number of benzene rings is 2.